The highest BCUT2D eigenvalue weighted by Crippen LogP contribution is 2.34. The molecule has 0 aliphatic carbocycles. The van der Waals surface area contributed by atoms with Crippen molar-refractivity contribution in [1.29, 1.82) is 0 Å². The van der Waals surface area contributed by atoms with Crippen LogP contribution in [-0.4, -0.2) is 6.61 Å². The Morgan fingerprint density at radius 3 is 2.79 bits per heavy atom. The van der Waals surface area contributed by atoms with E-state index in [0.717, 1.165) is 23.8 Å². The topological polar surface area (TPSA) is 9.23 Å². The monoisotopic (exact) mass is 212 g/mol. The summed E-state index contributed by atoms with van der Waals surface area (Å²) in [5.74, 6) is 1.56. The number of benzene rings is 1. The van der Waals surface area contributed by atoms with Crippen molar-refractivity contribution in [3.8, 4) is 5.75 Å². The average molecular weight is 213 g/mol. The molecule has 0 saturated heterocycles. The van der Waals surface area contributed by atoms with E-state index in [1.807, 2.05) is 26.0 Å². The standard InChI is InChI=1S/C10H11ClO.C2H6/c1-7-4-5-12-10-6-8(11)2-3-9(7)10;1-2/h2-3,6-7H,4-5H2,1H3;1-2H3. The van der Waals surface area contributed by atoms with E-state index in [1.165, 1.54) is 5.56 Å². The first-order valence-electron chi connectivity index (χ1n) is 5.19. The Morgan fingerprint density at radius 1 is 1.36 bits per heavy atom. The number of fused-ring (bicyclic) bond motifs is 1. The average Bonchev–Trinajstić information content (AvgIpc) is 2.21. The van der Waals surface area contributed by atoms with Gasteiger partial charge in [-0.2, -0.15) is 0 Å². The highest BCUT2D eigenvalue weighted by molar-refractivity contribution is 6.30. The summed E-state index contributed by atoms with van der Waals surface area (Å²) in [5, 5.41) is 0.753. The second kappa shape index (κ2) is 5.26. The highest BCUT2D eigenvalue weighted by atomic mass is 35.5. The minimum absolute atomic E-state index is 0.603. The first-order valence-corrected chi connectivity index (χ1v) is 5.57. The van der Waals surface area contributed by atoms with E-state index in [0.29, 0.717) is 5.92 Å². The van der Waals surface area contributed by atoms with Crippen molar-refractivity contribution in [2.45, 2.75) is 33.1 Å². The van der Waals surface area contributed by atoms with E-state index in [1.54, 1.807) is 0 Å². The lowest BCUT2D eigenvalue weighted by atomic mass is 9.95. The maximum atomic E-state index is 5.84. The molecule has 1 aliphatic heterocycles. The predicted molar refractivity (Wildman–Crippen MR) is 61.3 cm³/mol. The Bertz CT molecular complexity index is 296. The molecule has 0 fully saturated rings. The molecule has 0 aromatic heterocycles. The molecule has 0 radical (unpaired) electrons. The van der Waals surface area contributed by atoms with Gasteiger partial charge in [-0.05, 0) is 30.0 Å². The SMILES string of the molecule is CC.CC1CCOc2cc(Cl)ccc21. The molecule has 2 rings (SSSR count). The second-order valence-electron chi connectivity index (χ2n) is 3.22. The van der Waals surface area contributed by atoms with Gasteiger partial charge in [0.15, 0.2) is 0 Å². The molecule has 0 amide bonds. The van der Waals surface area contributed by atoms with Gasteiger partial charge in [-0.25, -0.2) is 0 Å². The summed E-state index contributed by atoms with van der Waals surface area (Å²) < 4.78 is 5.49. The number of hydrogen-bond acceptors (Lipinski definition) is 1. The van der Waals surface area contributed by atoms with Crippen molar-refractivity contribution >= 4 is 11.6 Å². The molecule has 78 valence electrons. The summed E-state index contributed by atoms with van der Waals surface area (Å²) in [4.78, 5) is 0. The lowest BCUT2D eigenvalue weighted by Gasteiger charge is -2.22. The van der Waals surface area contributed by atoms with Crippen molar-refractivity contribution in [2.24, 2.45) is 0 Å². The van der Waals surface area contributed by atoms with Crippen LogP contribution in [-0.2, 0) is 0 Å². The van der Waals surface area contributed by atoms with Crippen molar-refractivity contribution in [1.82, 2.24) is 0 Å². The van der Waals surface area contributed by atoms with Crippen LogP contribution in [0.4, 0.5) is 0 Å². The van der Waals surface area contributed by atoms with Crippen LogP contribution in [0, 0.1) is 0 Å². The molecular weight excluding hydrogens is 196 g/mol. The van der Waals surface area contributed by atoms with Gasteiger partial charge in [0.25, 0.3) is 0 Å². The van der Waals surface area contributed by atoms with Gasteiger partial charge in [0.2, 0.25) is 0 Å². The largest absolute Gasteiger partial charge is 0.493 e. The van der Waals surface area contributed by atoms with Gasteiger partial charge in [-0.3, -0.25) is 0 Å². The lowest BCUT2D eigenvalue weighted by Crippen LogP contribution is -2.11. The second-order valence-corrected chi connectivity index (χ2v) is 3.66. The highest BCUT2D eigenvalue weighted by Gasteiger charge is 2.16. The molecule has 14 heavy (non-hydrogen) atoms. The van der Waals surface area contributed by atoms with Gasteiger partial charge in [0.05, 0.1) is 6.61 Å². The number of hydrogen-bond donors (Lipinski definition) is 0. The third kappa shape index (κ3) is 2.42. The van der Waals surface area contributed by atoms with Crippen molar-refractivity contribution in [3.63, 3.8) is 0 Å². The van der Waals surface area contributed by atoms with Crippen LogP contribution >= 0.6 is 11.6 Å². The molecule has 1 nitrogen and oxygen atoms in total. The van der Waals surface area contributed by atoms with E-state index in [2.05, 4.69) is 13.0 Å². The molecule has 2 heteroatoms. The molecule has 1 aliphatic rings. The number of halogens is 1. The fraction of sp³-hybridized carbons (Fsp3) is 0.500. The molecule has 0 saturated carbocycles. The molecule has 0 N–H and O–H groups in total. The predicted octanol–water partition coefficient (Wildman–Crippen LogP) is 4.25. The normalized spacial score (nSPS) is 18.7. The number of rotatable bonds is 0. The first kappa shape index (κ1) is 11.4. The van der Waals surface area contributed by atoms with E-state index in [9.17, 15) is 0 Å². The Kier molecular flexibility index (Phi) is 4.27. The third-order valence-corrected chi connectivity index (χ3v) is 2.55. The summed E-state index contributed by atoms with van der Waals surface area (Å²) in [6.45, 7) is 7.03. The molecule has 0 spiro atoms. The zero-order chi connectivity index (χ0) is 10.6. The van der Waals surface area contributed by atoms with Crippen LogP contribution in [0.25, 0.3) is 0 Å². The minimum atomic E-state index is 0.603. The van der Waals surface area contributed by atoms with E-state index < -0.39 is 0 Å². The maximum Gasteiger partial charge on any atom is 0.124 e. The van der Waals surface area contributed by atoms with Gasteiger partial charge in [0.1, 0.15) is 5.75 Å². The Morgan fingerprint density at radius 2 is 2.07 bits per heavy atom. The molecular formula is C12H17ClO. The van der Waals surface area contributed by atoms with Gasteiger partial charge < -0.3 is 4.74 Å². The summed E-state index contributed by atoms with van der Waals surface area (Å²) in [6.07, 6.45) is 1.11. The molecule has 1 aromatic rings. The van der Waals surface area contributed by atoms with Gasteiger partial charge in [0, 0.05) is 5.02 Å². The minimum Gasteiger partial charge on any atom is -0.493 e. The zero-order valence-electron chi connectivity index (χ0n) is 9.01. The summed E-state index contributed by atoms with van der Waals surface area (Å²) >= 11 is 5.84. The van der Waals surface area contributed by atoms with Crippen LogP contribution in [0.3, 0.4) is 0 Å². The molecule has 1 atom stereocenters. The Labute approximate surface area is 91.0 Å². The summed E-state index contributed by atoms with van der Waals surface area (Å²) in [5.41, 5.74) is 1.28. The zero-order valence-corrected chi connectivity index (χ0v) is 9.77. The third-order valence-electron chi connectivity index (χ3n) is 2.31. The summed E-state index contributed by atoms with van der Waals surface area (Å²) in [6, 6.07) is 5.87. The fourth-order valence-corrected chi connectivity index (χ4v) is 1.70. The van der Waals surface area contributed by atoms with Crippen molar-refractivity contribution < 1.29 is 4.74 Å². The molecule has 1 unspecified atom stereocenters. The van der Waals surface area contributed by atoms with Crippen LogP contribution < -0.4 is 4.74 Å². The van der Waals surface area contributed by atoms with Crippen LogP contribution in [0.15, 0.2) is 18.2 Å². The molecule has 0 bridgehead atoms. The molecule has 1 heterocycles. The van der Waals surface area contributed by atoms with Gasteiger partial charge in [-0.1, -0.05) is 38.4 Å². The van der Waals surface area contributed by atoms with Crippen molar-refractivity contribution in [3.05, 3.63) is 28.8 Å². The fourth-order valence-electron chi connectivity index (χ4n) is 1.54. The van der Waals surface area contributed by atoms with Crippen LogP contribution in [0.2, 0.25) is 5.02 Å². The lowest BCUT2D eigenvalue weighted by molar-refractivity contribution is 0.272. The van der Waals surface area contributed by atoms with Crippen molar-refractivity contribution in [2.75, 3.05) is 6.61 Å². The maximum absolute atomic E-state index is 5.84. The van der Waals surface area contributed by atoms with E-state index in [-0.39, 0.29) is 0 Å². The Balaban J connectivity index is 0.000000461. The first-order chi connectivity index (χ1) is 6.77. The van der Waals surface area contributed by atoms with Gasteiger partial charge in [-0.15, -0.1) is 0 Å². The van der Waals surface area contributed by atoms with Gasteiger partial charge >= 0.3 is 0 Å². The van der Waals surface area contributed by atoms with Crippen LogP contribution in [0.5, 0.6) is 5.75 Å². The van der Waals surface area contributed by atoms with Crippen LogP contribution in [0.1, 0.15) is 38.7 Å². The molecule has 1 aromatic carbocycles. The summed E-state index contributed by atoms with van der Waals surface area (Å²) in [7, 11) is 0. The number of ether oxygens (including phenoxy) is 1. The van der Waals surface area contributed by atoms with E-state index in [4.69, 9.17) is 16.3 Å². The smallest absolute Gasteiger partial charge is 0.124 e. The van der Waals surface area contributed by atoms with E-state index >= 15 is 0 Å². The Hall–Kier alpha value is -0.690. The quantitative estimate of drug-likeness (QED) is 0.625.